The lowest BCUT2D eigenvalue weighted by Gasteiger charge is -2.18. The third-order valence-corrected chi connectivity index (χ3v) is 5.27. The lowest BCUT2D eigenvalue weighted by molar-refractivity contribution is 0.0963. The van der Waals surface area contributed by atoms with E-state index in [2.05, 4.69) is 5.32 Å². The van der Waals surface area contributed by atoms with Crippen molar-refractivity contribution in [3.63, 3.8) is 0 Å². The monoisotopic (exact) mass is 354 g/mol. The van der Waals surface area contributed by atoms with Gasteiger partial charge in [0.1, 0.15) is 16.5 Å². The highest BCUT2D eigenvalue weighted by Crippen LogP contribution is 2.21. The number of sulfonamides is 1. The molecule has 0 spiro atoms. The van der Waals surface area contributed by atoms with Crippen LogP contribution in [0.5, 0.6) is 0 Å². The Balaban J connectivity index is 2.22. The molecule has 2 aromatic rings. The zero-order valence-electron chi connectivity index (χ0n) is 13.1. The van der Waals surface area contributed by atoms with Gasteiger partial charge in [0.25, 0.3) is 5.91 Å². The van der Waals surface area contributed by atoms with Crippen molar-refractivity contribution >= 4 is 15.9 Å². The third kappa shape index (κ3) is 3.77. The molecule has 0 saturated carbocycles. The lowest BCUT2D eigenvalue weighted by atomic mass is 10.1. The maximum absolute atomic E-state index is 13.7. The number of benzene rings is 2. The van der Waals surface area contributed by atoms with Crippen molar-refractivity contribution in [1.29, 1.82) is 0 Å². The van der Waals surface area contributed by atoms with Gasteiger partial charge in [0, 0.05) is 32.3 Å². The fraction of sp³-hybridized carbons (Fsp3) is 0.188. The van der Waals surface area contributed by atoms with Crippen LogP contribution in [0.1, 0.15) is 15.9 Å². The van der Waals surface area contributed by atoms with E-state index in [1.807, 2.05) is 0 Å². The second-order valence-corrected chi connectivity index (χ2v) is 7.13. The molecular formula is C16H16F2N2O3S. The number of hydrogen-bond donors (Lipinski definition) is 1. The molecule has 0 aliphatic heterocycles. The van der Waals surface area contributed by atoms with Crippen LogP contribution in [0.15, 0.2) is 47.4 Å². The Labute approximate surface area is 139 Å². The van der Waals surface area contributed by atoms with E-state index in [9.17, 15) is 22.0 Å². The maximum Gasteiger partial charge on any atom is 0.251 e. The summed E-state index contributed by atoms with van der Waals surface area (Å²) in [7, 11) is -1.30. The summed E-state index contributed by atoms with van der Waals surface area (Å²) in [5.74, 6) is -2.24. The van der Waals surface area contributed by atoms with Gasteiger partial charge in [-0.1, -0.05) is 12.1 Å². The number of carbonyl (C=O) groups is 1. The number of carbonyl (C=O) groups excluding carboxylic acids is 1. The highest BCUT2D eigenvalue weighted by atomic mass is 32.2. The standard InChI is InChI=1S/C16H16F2N2O3S/c1-19-16(21)12-5-3-11(4-6-12)10-20(2)24(22,23)15-8-7-13(17)9-14(15)18/h3-9H,10H2,1-2H3,(H,19,21). The number of nitrogens with zero attached hydrogens (tertiary/aromatic N) is 1. The molecule has 1 N–H and O–H groups in total. The van der Waals surface area contributed by atoms with Crippen LogP contribution < -0.4 is 5.32 Å². The molecular weight excluding hydrogens is 338 g/mol. The molecule has 8 heteroatoms. The normalized spacial score (nSPS) is 11.5. The van der Waals surface area contributed by atoms with Crippen molar-refractivity contribution in [2.24, 2.45) is 0 Å². The highest BCUT2D eigenvalue weighted by Gasteiger charge is 2.24. The molecule has 128 valence electrons. The second-order valence-electron chi connectivity index (χ2n) is 5.11. The Morgan fingerprint density at radius 3 is 2.29 bits per heavy atom. The van der Waals surface area contributed by atoms with Gasteiger partial charge >= 0.3 is 0 Å². The first-order valence-corrected chi connectivity index (χ1v) is 8.42. The van der Waals surface area contributed by atoms with Crippen LogP contribution in [0.3, 0.4) is 0 Å². The summed E-state index contributed by atoms with van der Waals surface area (Å²) in [6.07, 6.45) is 0. The van der Waals surface area contributed by atoms with Crippen molar-refractivity contribution in [2.75, 3.05) is 14.1 Å². The Bertz CT molecular complexity index is 852. The number of halogens is 2. The van der Waals surface area contributed by atoms with Gasteiger partial charge in [-0.05, 0) is 29.8 Å². The summed E-state index contributed by atoms with van der Waals surface area (Å²) in [5, 5.41) is 2.48. The number of nitrogens with one attached hydrogen (secondary N) is 1. The van der Waals surface area contributed by atoms with Crippen LogP contribution in [0.25, 0.3) is 0 Å². The van der Waals surface area contributed by atoms with E-state index < -0.39 is 26.6 Å². The smallest absolute Gasteiger partial charge is 0.251 e. The van der Waals surface area contributed by atoms with Crippen molar-refractivity contribution in [2.45, 2.75) is 11.4 Å². The van der Waals surface area contributed by atoms with Crippen LogP contribution in [0.4, 0.5) is 8.78 Å². The average molecular weight is 354 g/mol. The molecule has 0 heterocycles. The molecule has 0 saturated heterocycles. The van der Waals surface area contributed by atoms with Crippen molar-refractivity contribution < 1.29 is 22.0 Å². The third-order valence-electron chi connectivity index (χ3n) is 3.43. The van der Waals surface area contributed by atoms with Crippen molar-refractivity contribution in [3.8, 4) is 0 Å². The average Bonchev–Trinajstić information content (AvgIpc) is 2.54. The van der Waals surface area contributed by atoms with Crippen LogP contribution in [0.2, 0.25) is 0 Å². The van der Waals surface area contributed by atoms with Crippen LogP contribution in [-0.4, -0.2) is 32.7 Å². The fourth-order valence-corrected chi connectivity index (χ4v) is 3.30. The molecule has 0 atom stereocenters. The molecule has 0 bridgehead atoms. The maximum atomic E-state index is 13.7. The van der Waals surface area contributed by atoms with Gasteiger partial charge in [0.15, 0.2) is 0 Å². The van der Waals surface area contributed by atoms with Gasteiger partial charge in [0.2, 0.25) is 10.0 Å². The zero-order valence-corrected chi connectivity index (χ0v) is 13.9. The zero-order chi connectivity index (χ0) is 17.9. The van der Waals surface area contributed by atoms with Crippen LogP contribution in [0, 0.1) is 11.6 Å². The highest BCUT2D eigenvalue weighted by molar-refractivity contribution is 7.89. The second kappa shape index (κ2) is 7.06. The van der Waals surface area contributed by atoms with E-state index in [1.54, 1.807) is 24.3 Å². The minimum atomic E-state index is -4.10. The first-order valence-electron chi connectivity index (χ1n) is 6.98. The topological polar surface area (TPSA) is 66.5 Å². The largest absolute Gasteiger partial charge is 0.355 e. The van der Waals surface area contributed by atoms with E-state index in [0.29, 0.717) is 17.2 Å². The van der Waals surface area contributed by atoms with E-state index in [4.69, 9.17) is 0 Å². The molecule has 0 aliphatic rings. The van der Waals surface area contributed by atoms with E-state index >= 15 is 0 Å². The van der Waals surface area contributed by atoms with Gasteiger partial charge in [-0.15, -0.1) is 0 Å². The van der Waals surface area contributed by atoms with Gasteiger partial charge in [0.05, 0.1) is 0 Å². The predicted molar refractivity (Wildman–Crippen MR) is 84.8 cm³/mol. The van der Waals surface area contributed by atoms with E-state index in [1.165, 1.54) is 14.1 Å². The number of amides is 1. The molecule has 0 fully saturated rings. The van der Waals surface area contributed by atoms with Gasteiger partial charge in [-0.3, -0.25) is 4.79 Å². The lowest BCUT2D eigenvalue weighted by Crippen LogP contribution is -2.27. The summed E-state index contributed by atoms with van der Waals surface area (Å²) < 4.78 is 52.4. The van der Waals surface area contributed by atoms with Gasteiger partial charge in [-0.2, -0.15) is 4.31 Å². The molecule has 24 heavy (non-hydrogen) atoms. The Kier molecular flexibility index (Phi) is 5.30. The fourth-order valence-electron chi connectivity index (χ4n) is 2.10. The van der Waals surface area contributed by atoms with E-state index in [-0.39, 0.29) is 12.5 Å². The molecule has 0 unspecified atom stereocenters. The molecule has 2 rings (SSSR count). The molecule has 2 aromatic carbocycles. The minimum Gasteiger partial charge on any atom is -0.355 e. The van der Waals surface area contributed by atoms with E-state index in [0.717, 1.165) is 16.4 Å². The molecule has 1 amide bonds. The van der Waals surface area contributed by atoms with Crippen LogP contribution in [-0.2, 0) is 16.6 Å². The van der Waals surface area contributed by atoms with Crippen LogP contribution >= 0.6 is 0 Å². The summed E-state index contributed by atoms with van der Waals surface area (Å²) in [4.78, 5) is 10.9. The predicted octanol–water partition coefficient (Wildman–Crippen LogP) is 2.15. The quantitative estimate of drug-likeness (QED) is 0.895. The van der Waals surface area contributed by atoms with Crippen molar-refractivity contribution in [3.05, 3.63) is 65.2 Å². The first kappa shape index (κ1) is 18.0. The minimum absolute atomic E-state index is 0.0207. The molecule has 5 nitrogen and oxygen atoms in total. The Morgan fingerprint density at radius 1 is 1.12 bits per heavy atom. The van der Waals surface area contributed by atoms with Gasteiger partial charge < -0.3 is 5.32 Å². The van der Waals surface area contributed by atoms with Crippen molar-refractivity contribution in [1.82, 2.24) is 9.62 Å². The number of rotatable bonds is 5. The summed E-state index contributed by atoms with van der Waals surface area (Å²) in [6, 6.07) is 8.65. The Morgan fingerprint density at radius 2 is 1.75 bits per heavy atom. The summed E-state index contributed by atoms with van der Waals surface area (Å²) in [5.41, 5.74) is 1.06. The number of hydrogen-bond acceptors (Lipinski definition) is 3. The SMILES string of the molecule is CNC(=O)c1ccc(CN(C)S(=O)(=O)c2ccc(F)cc2F)cc1. The van der Waals surface area contributed by atoms with Gasteiger partial charge in [-0.25, -0.2) is 17.2 Å². The first-order chi connectivity index (χ1) is 11.3. The summed E-state index contributed by atoms with van der Waals surface area (Å²) in [6.45, 7) is -0.0207. The molecule has 0 aliphatic carbocycles. The Hall–Kier alpha value is -2.32. The molecule has 0 radical (unpaired) electrons. The summed E-state index contributed by atoms with van der Waals surface area (Å²) >= 11 is 0. The molecule has 0 aromatic heterocycles.